The fourth-order valence-corrected chi connectivity index (χ4v) is 1.49. The van der Waals surface area contributed by atoms with Crippen molar-refractivity contribution in [1.82, 2.24) is 10.1 Å². The molecule has 2 aromatic heterocycles. The first-order chi connectivity index (χ1) is 7.61. The van der Waals surface area contributed by atoms with Gasteiger partial charge in [0.05, 0.1) is 5.56 Å². The molecule has 0 bridgehead atoms. The molecule has 0 aliphatic carbocycles. The molecule has 2 heterocycles. The molecule has 5 heteroatoms. The quantitative estimate of drug-likeness (QED) is 0.857. The second-order valence-electron chi connectivity index (χ2n) is 3.92. The summed E-state index contributed by atoms with van der Waals surface area (Å²) in [5.41, 5.74) is 6.39. The number of rotatable bonds is 3. The number of furan rings is 1. The van der Waals surface area contributed by atoms with Gasteiger partial charge < -0.3 is 14.7 Å². The van der Waals surface area contributed by atoms with Gasteiger partial charge in [-0.3, -0.25) is 0 Å². The van der Waals surface area contributed by atoms with E-state index in [0.717, 1.165) is 17.1 Å². The maximum Gasteiger partial charge on any atom is 0.261 e. The van der Waals surface area contributed by atoms with Crippen molar-refractivity contribution < 1.29 is 8.94 Å². The molecule has 0 aromatic carbocycles. The third kappa shape index (κ3) is 1.86. The monoisotopic (exact) mass is 221 g/mol. The minimum Gasteiger partial charge on any atom is -0.466 e. The van der Waals surface area contributed by atoms with Gasteiger partial charge in [-0.1, -0.05) is 12.1 Å². The molecule has 0 aliphatic rings. The largest absolute Gasteiger partial charge is 0.466 e. The minimum atomic E-state index is 0.103. The highest BCUT2D eigenvalue weighted by atomic mass is 16.5. The molecule has 0 saturated carbocycles. The zero-order valence-electron chi connectivity index (χ0n) is 9.65. The van der Waals surface area contributed by atoms with Gasteiger partial charge >= 0.3 is 0 Å². The molecule has 1 atom stereocenters. The smallest absolute Gasteiger partial charge is 0.261 e. The molecule has 1 unspecified atom stereocenters. The zero-order chi connectivity index (χ0) is 11.7. The van der Waals surface area contributed by atoms with Crippen LogP contribution in [0, 0.1) is 13.8 Å². The van der Waals surface area contributed by atoms with Gasteiger partial charge in [0, 0.05) is 12.5 Å². The van der Waals surface area contributed by atoms with E-state index < -0.39 is 0 Å². The van der Waals surface area contributed by atoms with Crippen LogP contribution in [0.5, 0.6) is 0 Å². The van der Waals surface area contributed by atoms with Crippen LogP contribution in [0.1, 0.15) is 30.2 Å². The third-order valence-electron chi connectivity index (χ3n) is 2.51. The lowest BCUT2D eigenvalue weighted by atomic mass is 10.2. The Morgan fingerprint density at radius 3 is 2.75 bits per heavy atom. The number of nitrogens with two attached hydrogens (primary N) is 1. The van der Waals surface area contributed by atoms with E-state index in [1.54, 1.807) is 0 Å². The number of hydrogen-bond acceptors (Lipinski definition) is 5. The fraction of sp³-hybridized carbons (Fsp3) is 0.455. The van der Waals surface area contributed by atoms with Crippen LogP contribution in [0.4, 0.5) is 0 Å². The van der Waals surface area contributed by atoms with Gasteiger partial charge in [-0.05, 0) is 19.9 Å². The number of aryl methyl sites for hydroxylation is 2. The Bertz CT molecular complexity index is 487. The minimum absolute atomic E-state index is 0.103. The fourth-order valence-electron chi connectivity index (χ4n) is 1.49. The first-order valence-electron chi connectivity index (χ1n) is 5.23. The highest BCUT2D eigenvalue weighted by molar-refractivity contribution is 5.56. The van der Waals surface area contributed by atoms with E-state index in [-0.39, 0.29) is 5.92 Å². The van der Waals surface area contributed by atoms with Gasteiger partial charge in [-0.25, -0.2) is 0 Å². The molecule has 2 N–H and O–H groups in total. The maximum absolute atomic E-state index is 5.55. The van der Waals surface area contributed by atoms with Crippen LogP contribution >= 0.6 is 0 Å². The predicted octanol–water partition coefficient (Wildman–Crippen LogP) is 2.01. The molecule has 2 rings (SSSR count). The Hall–Kier alpha value is -1.62. The van der Waals surface area contributed by atoms with Crippen molar-refractivity contribution in [3.8, 4) is 11.5 Å². The molecule has 5 nitrogen and oxygen atoms in total. The van der Waals surface area contributed by atoms with Gasteiger partial charge in [0.2, 0.25) is 0 Å². The topological polar surface area (TPSA) is 78.1 Å². The van der Waals surface area contributed by atoms with Gasteiger partial charge in [-0.15, -0.1) is 0 Å². The van der Waals surface area contributed by atoms with E-state index in [4.69, 9.17) is 14.7 Å². The first-order valence-corrected chi connectivity index (χ1v) is 5.23. The molecule has 0 saturated heterocycles. The van der Waals surface area contributed by atoms with E-state index >= 15 is 0 Å². The normalized spacial score (nSPS) is 13.0. The lowest BCUT2D eigenvalue weighted by molar-refractivity contribution is 0.416. The summed E-state index contributed by atoms with van der Waals surface area (Å²) in [4.78, 5) is 4.31. The van der Waals surface area contributed by atoms with Crippen LogP contribution in [-0.4, -0.2) is 16.7 Å². The van der Waals surface area contributed by atoms with Crippen LogP contribution in [0.25, 0.3) is 11.5 Å². The predicted molar refractivity (Wildman–Crippen MR) is 58.9 cm³/mol. The average molecular weight is 221 g/mol. The number of aromatic nitrogens is 2. The van der Waals surface area contributed by atoms with Crippen molar-refractivity contribution in [2.75, 3.05) is 6.54 Å². The van der Waals surface area contributed by atoms with Gasteiger partial charge in [0.15, 0.2) is 5.82 Å². The first kappa shape index (κ1) is 10.9. The van der Waals surface area contributed by atoms with Crippen molar-refractivity contribution in [1.29, 1.82) is 0 Å². The summed E-state index contributed by atoms with van der Waals surface area (Å²) < 4.78 is 10.6. The molecule has 0 aliphatic heterocycles. The van der Waals surface area contributed by atoms with Gasteiger partial charge in [-0.2, -0.15) is 4.98 Å². The highest BCUT2D eigenvalue weighted by Crippen LogP contribution is 2.25. The van der Waals surface area contributed by atoms with Crippen molar-refractivity contribution in [2.24, 2.45) is 5.73 Å². The Morgan fingerprint density at radius 2 is 2.19 bits per heavy atom. The lowest BCUT2D eigenvalue weighted by Crippen LogP contribution is -2.10. The van der Waals surface area contributed by atoms with E-state index in [9.17, 15) is 0 Å². The third-order valence-corrected chi connectivity index (χ3v) is 2.51. The molecular formula is C11H15N3O2. The van der Waals surface area contributed by atoms with Crippen LogP contribution in [0.2, 0.25) is 0 Å². The van der Waals surface area contributed by atoms with Crippen molar-refractivity contribution in [3.05, 3.63) is 23.4 Å². The van der Waals surface area contributed by atoms with Crippen molar-refractivity contribution >= 4 is 0 Å². The number of nitrogens with zero attached hydrogens (tertiary/aromatic N) is 2. The lowest BCUT2D eigenvalue weighted by Gasteiger charge is -1.98. The summed E-state index contributed by atoms with van der Waals surface area (Å²) in [6.45, 7) is 6.22. The molecule has 86 valence electrons. The maximum atomic E-state index is 5.55. The summed E-state index contributed by atoms with van der Waals surface area (Å²) in [5.74, 6) is 2.85. The van der Waals surface area contributed by atoms with Crippen LogP contribution in [0.3, 0.4) is 0 Å². The molecular weight excluding hydrogens is 206 g/mol. The summed E-state index contributed by atoms with van der Waals surface area (Å²) in [6.07, 6.45) is 0. The zero-order valence-corrected chi connectivity index (χ0v) is 9.65. The molecule has 2 aromatic rings. The van der Waals surface area contributed by atoms with E-state index in [0.29, 0.717) is 18.3 Å². The van der Waals surface area contributed by atoms with Gasteiger partial charge in [0.1, 0.15) is 11.5 Å². The Morgan fingerprint density at radius 1 is 1.44 bits per heavy atom. The van der Waals surface area contributed by atoms with Crippen molar-refractivity contribution in [3.63, 3.8) is 0 Å². The summed E-state index contributed by atoms with van der Waals surface area (Å²) in [7, 11) is 0. The Kier molecular flexibility index (Phi) is 2.78. The molecule has 0 radical (unpaired) electrons. The highest BCUT2D eigenvalue weighted by Gasteiger charge is 2.17. The summed E-state index contributed by atoms with van der Waals surface area (Å²) in [5, 5.41) is 3.91. The van der Waals surface area contributed by atoms with E-state index in [1.807, 2.05) is 26.8 Å². The number of hydrogen-bond donors (Lipinski definition) is 1. The Balaban J connectivity index is 2.35. The van der Waals surface area contributed by atoms with Gasteiger partial charge in [0.25, 0.3) is 5.89 Å². The SMILES string of the molecule is Cc1cc(-c2nc(C(C)CN)no2)c(C)o1. The van der Waals surface area contributed by atoms with Crippen LogP contribution in [-0.2, 0) is 0 Å². The second kappa shape index (κ2) is 4.09. The van der Waals surface area contributed by atoms with Crippen molar-refractivity contribution in [2.45, 2.75) is 26.7 Å². The van der Waals surface area contributed by atoms with E-state index in [1.165, 1.54) is 0 Å². The molecule has 0 fully saturated rings. The van der Waals surface area contributed by atoms with Crippen LogP contribution in [0.15, 0.2) is 15.0 Å². The summed E-state index contributed by atoms with van der Waals surface area (Å²) >= 11 is 0. The van der Waals surface area contributed by atoms with E-state index in [2.05, 4.69) is 10.1 Å². The standard InChI is InChI=1S/C11H15N3O2/c1-6(5-12)10-13-11(16-14-10)9-4-7(2)15-8(9)3/h4,6H,5,12H2,1-3H3. The van der Waals surface area contributed by atoms with Crippen LogP contribution < -0.4 is 5.73 Å². The second-order valence-corrected chi connectivity index (χ2v) is 3.92. The molecule has 0 spiro atoms. The molecule has 16 heavy (non-hydrogen) atoms. The molecule has 0 amide bonds. The Labute approximate surface area is 93.6 Å². The summed E-state index contributed by atoms with van der Waals surface area (Å²) in [6, 6.07) is 1.89. The average Bonchev–Trinajstić information content (AvgIpc) is 2.83.